The van der Waals surface area contributed by atoms with Crippen molar-refractivity contribution in [2.45, 2.75) is 19.8 Å². The number of nitrogen functional groups attached to an aromatic ring is 1. The first kappa shape index (κ1) is 11.0. The number of anilines is 1. The summed E-state index contributed by atoms with van der Waals surface area (Å²) in [7, 11) is 1.75. The van der Waals surface area contributed by atoms with Gasteiger partial charge in [-0.1, -0.05) is 6.92 Å². The zero-order valence-corrected chi connectivity index (χ0v) is 9.81. The minimum absolute atomic E-state index is 0.0400. The summed E-state index contributed by atoms with van der Waals surface area (Å²) in [6.45, 7) is 3.86. The molecule has 2 N–H and O–H groups in total. The number of piperidine rings is 1. The van der Waals surface area contributed by atoms with Crippen molar-refractivity contribution >= 4 is 11.7 Å². The molecule has 1 aliphatic heterocycles. The van der Waals surface area contributed by atoms with E-state index in [1.165, 1.54) is 6.42 Å². The predicted molar refractivity (Wildman–Crippen MR) is 61.9 cm³/mol. The second-order valence-corrected chi connectivity index (χ2v) is 4.58. The molecule has 2 heterocycles. The molecule has 2 rings (SSSR count). The highest BCUT2D eigenvalue weighted by Gasteiger charge is 2.24. The van der Waals surface area contributed by atoms with Crippen molar-refractivity contribution in [3.8, 4) is 0 Å². The van der Waals surface area contributed by atoms with Crippen LogP contribution in [0.3, 0.4) is 0 Å². The molecule has 0 aromatic carbocycles. The van der Waals surface area contributed by atoms with Crippen molar-refractivity contribution < 1.29 is 4.79 Å². The van der Waals surface area contributed by atoms with Gasteiger partial charge in [0.05, 0.1) is 0 Å². The highest BCUT2D eigenvalue weighted by atomic mass is 16.2. The number of aryl methyl sites for hydroxylation is 1. The molecule has 5 nitrogen and oxygen atoms in total. The number of aromatic nitrogens is 2. The lowest BCUT2D eigenvalue weighted by atomic mass is 10.00. The molecule has 16 heavy (non-hydrogen) atoms. The Morgan fingerprint density at radius 2 is 2.38 bits per heavy atom. The highest BCUT2D eigenvalue weighted by molar-refractivity contribution is 5.93. The van der Waals surface area contributed by atoms with Crippen LogP contribution in [0.15, 0.2) is 6.07 Å². The van der Waals surface area contributed by atoms with E-state index in [2.05, 4.69) is 12.0 Å². The normalized spacial score (nSPS) is 21.1. The fourth-order valence-electron chi connectivity index (χ4n) is 2.23. The van der Waals surface area contributed by atoms with Crippen LogP contribution in [-0.2, 0) is 7.05 Å². The number of nitrogens with two attached hydrogens (primary N) is 1. The number of likely N-dealkylation sites (tertiary alicyclic amines) is 1. The van der Waals surface area contributed by atoms with Gasteiger partial charge in [-0.3, -0.25) is 9.48 Å². The van der Waals surface area contributed by atoms with Crippen molar-refractivity contribution in [2.75, 3.05) is 18.8 Å². The maximum atomic E-state index is 12.2. The summed E-state index contributed by atoms with van der Waals surface area (Å²) >= 11 is 0. The number of hydrogen-bond acceptors (Lipinski definition) is 3. The molecule has 5 heteroatoms. The molecule has 1 aromatic heterocycles. The number of carbonyl (C=O) groups excluding carboxylic acids is 1. The summed E-state index contributed by atoms with van der Waals surface area (Å²) in [5.74, 6) is 1.03. The molecule has 1 atom stereocenters. The number of nitrogens with zero attached hydrogens (tertiary/aromatic N) is 3. The zero-order valence-electron chi connectivity index (χ0n) is 9.81. The summed E-state index contributed by atoms with van der Waals surface area (Å²) in [5, 5.41) is 3.99. The maximum Gasteiger partial charge on any atom is 0.272 e. The second kappa shape index (κ2) is 4.15. The summed E-state index contributed by atoms with van der Waals surface area (Å²) < 4.78 is 1.55. The summed E-state index contributed by atoms with van der Waals surface area (Å²) in [6.07, 6.45) is 2.29. The van der Waals surface area contributed by atoms with Gasteiger partial charge in [0, 0.05) is 26.2 Å². The number of carbonyl (C=O) groups is 1. The van der Waals surface area contributed by atoms with Crippen LogP contribution in [0.2, 0.25) is 0 Å². The molecule has 1 aliphatic rings. The van der Waals surface area contributed by atoms with Crippen LogP contribution in [0.4, 0.5) is 5.82 Å². The van der Waals surface area contributed by atoms with Crippen molar-refractivity contribution in [3.05, 3.63) is 11.8 Å². The van der Waals surface area contributed by atoms with Gasteiger partial charge in [-0.2, -0.15) is 5.10 Å². The molecule has 0 aliphatic carbocycles. The molecule has 1 amide bonds. The lowest BCUT2D eigenvalue weighted by Gasteiger charge is -2.30. The van der Waals surface area contributed by atoms with Crippen LogP contribution >= 0.6 is 0 Å². The van der Waals surface area contributed by atoms with Crippen LogP contribution in [0.25, 0.3) is 0 Å². The topological polar surface area (TPSA) is 64.2 Å². The SMILES string of the molecule is CC1CCCN(C(=O)c2cc(N)nn2C)C1. The Bertz CT molecular complexity index is 399. The molecular weight excluding hydrogens is 204 g/mol. The van der Waals surface area contributed by atoms with Crippen molar-refractivity contribution in [1.29, 1.82) is 0 Å². The first-order valence-corrected chi connectivity index (χ1v) is 5.66. The summed E-state index contributed by atoms with van der Waals surface area (Å²) in [4.78, 5) is 14.1. The van der Waals surface area contributed by atoms with Gasteiger partial charge < -0.3 is 10.6 Å². The molecule has 0 bridgehead atoms. The highest BCUT2D eigenvalue weighted by Crippen LogP contribution is 2.18. The molecule has 0 radical (unpaired) electrons. The van der Waals surface area contributed by atoms with Gasteiger partial charge in [0.1, 0.15) is 11.5 Å². The molecule has 1 fully saturated rings. The van der Waals surface area contributed by atoms with Crippen molar-refractivity contribution in [2.24, 2.45) is 13.0 Å². The molecule has 1 aromatic rings. The fourth-order valence-corrected chi connectivity index (χ4v) is 2.23. The van der Waals surface area contributed by atoms with E-state index in [0.717, 1.165) is 19.5 Å². The van der Waals surface area contributed by atoms with Gasteiger partial charge >= 0.3 is 0 Å². The zero-order chi connectivity index (χ0) is 11.7. The van der Waals surface area contributed by atoms with E-state index in [-0.39, 0.29) is 5.91 Å². The van der Waals surface area contributed by atoms with E-state index in [1.54, 1.807) is 17.8 Å². The molecular formula is C11H18N4O. The first-order valence-electron chi connectivity index (χ1n) is 5.66. The van der Waals surface area contributed by atoms with E-state index in [1.807, 2.05) is 4.90 Å². The monoisotopic (exact) mass is 222 g/mol. The molecule has 0 saturated carbocycles. The van der Waals surface area contributed by atoms with E-state index < -0.39 is 0 Å². The van der Waals surface area contributed by atoms with Gasteiger partial charge in [-0.25, -0.2) is 0 Å². The molecule has 1 unspecified atom stereocenters. The third kappa shape index (κ3) is 2.03. The first-order chi connectivity index (χ1) is 7.58. The largest absolute Gasteiger partial charge is 0.382 e. The average Bonchev–Trinajstić information content (AvgIpc) is 2.57. The lowest BCUT2D eigenvalue weighted by molar-refractivity contribution is 0.0672. The lowest BCUT2D eigenvalue weighted by Crippen LogP contribution is -2.39. The standard InChI is InChI=1S/C11H18N4O/c1-8-4-3-5-15(7-8)11(16)9-6-10(12)13-14(9)2/h6,8H,3-5,7H2,1-2H3,(H2,12,13). The Balaban J connectivity index is 2.15. The van der Waals surface area contributed by atoms with Crippen molar-refractivity contribution in [1.82, 2.24) is 14.7 Å². The van der Waals surface area contributed by atoms with Crippen LogP contribution in [0, 0.1) is 5.92 Å². The number of hydrogen-bond donors (Lipinski definition) is 1. The van der Waals surface area contributed by atoms with Crippen LogP contribution < -0.4 is 5.73 Å². The Morgan fingerprint density at radius 1 is 1.62 bits per heavy atom. The molecule has 1 saturated heterocycles. The smallest absolute Gasteiger partial charge is 0.272 e. The van der Waals surface area contributed by atoms with Crippen LogP contribution in [0.1, 0.15) is 30.3 Å². The quantitative estimate of drug-likeness (QED) is 0.767. The fraction of sp³-hybridized carbons (Fsp3) is 0.636. The van der Waals surface area contributed by atoms with Crippen LogP contribution in [0.5, 0.6) is 0 Å². The van der Waals surface area contributed by atoms with Gasteiger partial charge in [-0.05, 0) is 18.8 Å². The van der Waals surface area contributed by atoms with Crippen molar-refractivity contribution in [3.63, 3.8) is 0 Å². The van der Waals surface area contributed by atoms with Gasteiger partial charge in [0.2, 0.25) is 0 Å². The number of amides is 1. The van der Waals surface area contributed by atoms with Gasteiger partial charge in [0.25, 0.3) is 5.91 Å². The molecule has 0 spiro atoms. The van der Waals surface area contributed by atoms with E-state index >= 15 is 0 Å². The Morgan fingerprint density at radius 3 is 2.94 bits per heavy atom. The third-order valence-corrected chi connectivity index (χ3v) is 3.06. The Hall–Kier alpha value is -1.52. The second-order valence-electron chi connectivity index (χ2n) is 4.58. The summed E-state index contributed by atoms with van der Waals surface area (Å²) in [5.41, 5.74) is 6.15. The Labute approximate surface area is 95.2 Å². The summed E-state index contributed by atoms with van der Waals surface area (Å²) in [6, 6.07) is 1.64. The van der Waals surface area contributed by atoms with Gasteiger partial charge in [-0.15, -0.1) is 0 Å². The minimum atomic E-state index is 0.0400. The predicted octanol–water partition coefficient (Wildman–Crippen LogP) is 0.874. The van der Waals surface area contributed by atoms with E-state index in [9.17, 15) is 4.79 Å². The Kier molecular flexibility index (Phi) is 2.85. The van der Waals surface area contributed by atoms with Crippen LogP contribution in [-0.4, -0.2) is 33.7 Å². The minimum Gasteiger partial charge on any atom is -0.382 e. The van der Waals surface area contributed by atoms with E-state index in [4.69, 9.17) is 5.73 Å². The van der Waals surface area contributed by atoms with Gasteiger partial charge in [0.15, 0.2) is 0 Å². The third-order valence-electron chi connectivity index (χ3n) is 3.06. The maximum absolute atomic E-state index is 12.2. The average molecular weight is 222 g/mol. The number of rotatable bonds is 1. The molecule has 88 valence electrons. The van der Waals surface area contributed by atoms with E-state index in [0.29, 0.717) is 17.4 Å².